The van der Waals surface area contributed by atoms with Crippen LogP contribution in [0.4, 0.5) is 5.69 Å². The highest BCUT2D eigenvalue weighted by atomic mass is 35.5. The van der Waals surface area contributed by atoms with Crippen LogP contribution >= 0.6 is 11.6 Å². The quantitative estimate of drug-likeness (QED) is 0.819. The van der Waals surface area contributed by atoms with Crippen molar-refractivity contribution in [3.63, 3.8) is 0 Å². The van der Waals surface area contributed by atoms with Gasteiger partial charge in [-0.3, -0.25) is 9.59 Å². The molecule has 0 heterocycles. The summed E-state index contributed by atoms with van der Waals surface area (Å²) < 4.78 is 0. The van der Waals surface area contributed by atoms with Gasteiger partial charge in [0.2, 0.25) is 11.8 Å². The summed E-state index contributed by atoms with van der Waals surface area (Å²) in [5.74, 6) is -0.141. The van der Waals surface area contributed by atoms with Gasteiger partial charge in [-0.15, -0.1) is 0 Å². The third-order valence-corrected chi connectivity index (χ3v) is 4.12. The van der Waals surface area contributed by atoms with E-state index < -0.39 is 0 Å². The lowest BCUT2D eigenvalue weighted by atomic mass is 10.1. The van der Waals surface area contributed by atoms with E-state index >= 15 is 0 Å². The Morgan fingerprint density at radius 2 is 1.88 bits per heavy atom. The number of hydrogen-bond donors (Lipinski definition) is 1. The van der Waals surface area contributed by atoms with Crippen LogP contribution in [0.3, 0.4) is 0 Å². The van der Waals surface area contributed by atoms with Gasteiger partial charge in [-0.1, -0.05) is 35.9 Å². The molecular formula is C20H23ClN2O2. The molecule has 1 N–H and O–H groups in total. The molecule has 0 radical (unpaired) electrons. The van der Waals surface area contributed by atoms with Crippen LogP contribution in [0.25, 0.3) is 0 Å². The van der Waals surface area contributed by atoms with Crippen molar-refractivity contribution >= 4 is 29.1 Å². The van der Waals surface area contributed by atoms with Gasteiger partial charge in [0.05, 0.1) is 0 Å². The van der Waals surface area contributed by atoms with E-state index in [-0.39, 0.29) is 18.2 Å². The number of carbonyl (C=O) groups is 2. The molecule has 25 heavy (non-hydrogen) atoms. The van der Waals surface area contributed by atoms with E-state index in [9.17, 15) is 9.59 Å². The predicted molar refractivity (Wildman–Crippen MR) is 102 cm³/mol. The number of benzene rings is 2. The second-order valence-corrected chi connectivity index (χ2v) is 6.43. The van der Waals surface area contributed by atoms with Crippen molar-refractivity contribution in [1.29, 1.82) is 0 Å². The van der Waals surface area contributed by atoms with E-state index in [1.54, 1.807) is 4.90 Å². The highest BCUT2D eigenvalue weighted by molar-refractivity contribution is 6.30. The summed E-state index contributed by atoms with van der Waals surface area (Å²) in [5.41, 5.74) is 2.98. The van der Waals surface area contributed by atoms with Gasteiger partial charge in [-0.05, 0) is 48.7 Å². The Labute approximate surface area is 153 Å². The molecule has 2 aromatic carbocycles. The normalized spacial score (nSPS) is 10.4. The van der Waals surface area contributed by atoms with Gasteiger partial charge in [-0.2, -0.15) is 0 Å². The Morgan fingerprint density at radius 1 is 1.12 bits per heavy atom. The first-order valence-electron chi connectivity index (χ1n) is 8.31. The molecule has 0 aliphatic carbocycles. The lowest BCUT2D eigenvalue weighted by Crippen LogP contribution is -2.34. The second kappa shape index (κ2) is 9.23. The maximum Gasteiger partial charge on any atom is 0.223 e. The molecule has 0 saturated heterocycles. The summed E-state index contributed by atoms with van der Waals surface area (Å²) in [7, 11) is 0. The molecule has 2 amide bonds. The average molecular weight is 359 g/mol. The van der Waals surface area contributed by atoms with E-state index in [1.807, 2.05) is 55.5 Å². The zero-order valence-electron chi connectivity index (χ0n) is 14.6. The fourth-order valence-corrected chi connectivity index (χ4v) is 2.82. The van der Waals surface area contributed by atoms with Crippen molar-refractivity contribution in [2.45, 2.75) is 26.7 Å². The smallest absolute Gasteiger partial charge is 0.223 e. The zero-order chi connectivity index (χ0) is 18.2. The molecule has 0 aromatic heterocycles. The molecule has 0 spiro atoms. The van der Waals surface area contributed by atoms with Crippen LogP contribution in [-0.4, -0.2) is 24.9 Å². The molecule has 0 atom stereocenters. The van der Waals surface area contributed by atoms with Gasteiger partial charge >= 0.3 is 0 Å². The van der Waals surface area contributed by atoms with Gasteiger partial charge in [-0.25, -0.2) is 0 Å². The summed E-state index contributed by atoms with van der Waals surface area (Å²) in [5, 5.41) is 3.58. The summed E-state index contributed by atoms with van der Waals surface area (Å²) in [6.45, 7) is 4.40. The molecule has 2 aromatic rings. The summed E-state index contributed by atoms with van der Waals surface area (Å²) in [6, 6.07) is 15.3. The molecule has 0 saturated carbocycles. The van der Waals surface area contributed by atoms with Crippen molar-refractivity contribution in [3.05, 3.63) is 64.7 Å². The highest BCUT2D eigenvalue weighted by Gasteiger charge is 2.13. The van der Waals surface area contributed by atoms with E-state index in [2.05, 4.69) is 5.32 Å². The number of anilines is 1. The molecule has 2 rings (SSSR count). The van der Waals surface area contributed by atoms with Crippen LogP contribution in [0.2, 0.25) is 5.02 Å². The van der Waals surface area contributed by atoms with E-state index in [0.29, 0.717) is 18.1 Å². The minimum atomic E-state index is -0.0719. The van der Waals surface area contributed by atoms with E-state index in [0.717, 1.165) is 23.2 Å². The molecule has 0 bridgehead atoms. The molecule has 4 nitrogen and oxygen atoms in total. The molecule has 0 fully saturated rings. The SMILES string of the molecule is CC(=O)N(CCC(=O)NCCc1cccc(Cl)c1)c1cccc(C)c1. The third kappa shape index (κ3) is 6.24. The number of carbonyl (C=O) groups excluding carboxylic acids is 2. The van der Waals surface area contributed by atoms with E-state index in [4.69, 9.17) is 11.6 Å². The number of rotatable bonds is 7. The number of aryl methyl sites for hydroxylation is 1. The topological polar surface area (TPSA) is 49.4 Å². The Bertz CT molecular complexity index is 746. The van der Waals surface area contributed by atoms with Crippen molar-refractivity contribution < 1.29 is 9.59 Å². The number of amides is 2. The van der Waals surface area contributed by atoms with Crippen LogP contribution in [-0.2, 0) is 16.0 Å². The first-order valence-corrected chi connectivity index (χ1v) is 8.69. The largest absolute Gasteiger partial charge is 0.356 e. The lowest BCUT2D eigenvalue weighted by molar-refractivity contribution is -0.121. The zero-order valence-corrected chi connectivity index (χ0v) is 15.3. The molecular weight excluding hydrogens is 336 g/mol. The van der Waals surface area contributed by atoms with Crippen molar-refractivity contribution in [2.24, 2.45) is 0 Å². The van der Waals surface area contributed by atoms with Crippen molar-refractivity contribution in [2.75, 3.05) is 18.0 Å². The van der Waals surface area contributed by atoms with Crippen molar-refractivity contribution in [1.82, 2.24) is 5.32 Å². The summed E-state index contributed by atoms with van der Waals surface area (Å²) in [6.07, 6.45) is 0.990. The first kappa shape index (κ1) is 19.0. The number of nitrogens with one attached hydrogen (secondary N) is 1. The minimum absolute atomic E-state index is 0.0686. The number of halogens is 1. The lowest BCUT2D eigenvalue weighted by Gasteiger charge is -2.21. The molecule has 0 aliphatic heterocycles. The maximum atomic E-state index is 12.1. The highest BCUT2D eigenvalue weighted by Crippen LogP contribution is 2.16. The van der Waals surface area contributed by atoms with Crippen LogP contribution in [0.5, 0.6) is 0 Å². The molecule has 5 heteroatoms. The van der Waals surface area contributed by atoms with Gasteiger partial charge in [0.1, 0.15) is 0 Å². The Hall–Kier alpha value is -2.33. The van der Waals surface area contributed by atoms with Crippen LogP contribution < -0.4 is 10.2 Å². The van der Waals surface area contributed by atoms with Crippen molar-refractivity contribution in [3.8, 4) is 0 Å². The first-order chi connectivity index (χ1) is 12.0. The molecule has 0 aliphatic rings. The summed E-state index contributed by atoms with van der Waals surface area (Å²) >= 11 is 5.95. The van der Waals surface area contributed by atoms with E-state index in [1.165, 1.54) is 6.92 Å². The predicted octanol–water partition coefficient (Wildman–Crippen LogP) is 3.75. The molecule has 132 valence electrons. The Kier molecular flexibility index (Phi) is 7.02. The maximum absolute atomic E-state index is 12.1. The van der Waals surface area contributed by atoms with Gasteiger partial charge < -0.3 is 10.2 Å². The van der Waals surface area contributed by atoms with Crippen LogP contribution in [0.15, 0.2) is 48.5 Å². The van der Waals surface area contributed by atoms with Crippen LogP contribution in [0, 0.1) is 6.92 Å². The van der Waals surface area contributed by atoms with Crippen LogP contribution in [0.1, 0.15) is 24.5 Å². The third-order valence-electron chi connectivity index (χ3n) is 3.88. The number of hydrogen-bond acceptors (Lipinski definition) is 2. The standard InChI is InChI=1S/C20H23ClN2O2/c1-15-5-3-8-19(13-15)23(16(2)24)12-10-20(25)22-11-9-17-6-4-7-18(21)14-17/h3-8,13-14H,9-12H2,1-2H3,(H,22,25). The van der Waals surface area contributed by atoms with Gasteiger partial charge in [0.15, 0.2) is 0 Å². The average Bonchev–Trinajstić information content (AvgIpc) is 2.55. The summed E-state index contributed by atoms with van der Waals surface area (Å²) in [4.78, 5) is 25.6. The Balaban J connectivity index is 1.82. The second-order valence-electron chi connectivity index (χ2n) is 5.99. The molecule has 0 unspecified atom stereocenters. The monoisotopic (exact) mass is 358 g/mol. The minimum Gasteiger partial charge on any atom is -0.356 e. The Morgan fingerprint density at radius 3 is 2.56 bits per heavy atom. The van der Waals surface area contributed by atoms with Gasteiger partial charge in [0.25, 0.3) is 0 Å². The fraction of sp³-hybridized carbons (Fsp3) is 0.300. The number of nitrogens with zero attached hydrogens (tertiary/aromatic N) is 1. The van der Waals surface area contributed by atoms with Gasteiger partial charge in [0, 0.05) is 37.1 Å². The fourth-order valence-electron chi connectivity index (χ4n) is 2.60.